The number of hydrogen-bond donors (Lipinski definition) is 2. The zero-order chi connectivity index (χ0) is 19.3. The summed E-state index contributed by atoms with van der Waals surface area (Å²) in [5, 5.41) is 5.88. The highest BCUT2D eigenvalue weighted by Crippen LogP contribution is 2.26. The molecule has 0 aromatic heterocycles. The van der Waals surface area contributed by atoms with Crippen LogP contribution in [0.2, 0.25) is 0 Å². The van der Waals surface area contributed by atoms with E-state index in [2.05, 4.69) is 10.6 Å². The summed E-state index contributed by atoms with van der Waals surface area (Å²) in [5.74, 6) is -0.196. The van der Waals surface area contributed by atoms with Crippen LogP contribution in [0, 0.1) is 6.92 Å². The van der Waals surface area contributed by atoms with Crippen LogP contribution in [-0.4, -0.2) is 57.5 Å². The fourth-order valence-electron chi connectivity index (χ4n) is 3.56. The number of anilines is 1. The van der Waals surface area contributed by atoms with Crippen molar-refractivity contribution in [2.24, 2.45) is 0 Å². The highest BCUT2D eigenvalue weighted by molar-refractivity contribution is 7.89. The number of sulfonamides is 1. The van der Waals surface area contributed by atoms with E-state index >= 15 is 0 Å². The van der Waals surface area contributed by atoms with Gasteiger partial charge in [0, 0.05) is 31.9 Å². The van der Waals surface area contributed by atoms with Gasteiger partial charge in [0.25, 0.3) is 0 Å². The number of hydrogen-bond acceptors (Lipinski definition) is 5. The number of halogens is 1. The van der Waals surface area contributed by atoms with Gasteiger partial charge in [-0.1, -0.05) is 12.5 Å². The molecule has 0 radical (unpaired) electrons. The molecule has 0 aliphatic carbocycles. The van der Waals surface area contributed by atoms with Crippen molar-refractivity contribution in [1.29, 1.82) is 0 Å². The minimum absolute atomic E-state index is 0. The summed E-state index contributed by atoms with van der Waals surface area (Å²) in [5.41, 5.74) is 1.19. The molecule has 1 atom stereocenters. The number of carbonyl (C=O) groups is 1. The Hall–Kier alpha value is -1.19. The lowest BCUT2D eigenvalue weighted by molar-refractivity contribution is -0.115. The number of aryl methyl sites for hydroxylation is 1. The van der Waals surface area contributed by atoms with Crippen LogP contribution in [-0.2, 0) is 19.6 Å². The maximum Gasteiger partial charge on any atom is 0.243 e. The first-order chi connectivity index (χ1) is 13.0. The lowest BCUT2D eigenvalue weighted by Gasteiger charge is -2.26. The van der Waals surface area contributed by atoms with Crippen LogP contribution in [0.4, 0.5) is 5.69 Å². The Labute approximate surface area is 173 Å². The van der Waals surface area contributed by atoms with Crippen LogP contribution in [0.3, 0.4) is 0 Å². The molecule has 2 heterocycles. The van der Waals surface area contributed by atoms with Gasteiger partial charge in [0.2, 0.25) is 15.9 Å². The van der Waals surface area contributed by atoms with Gasteiger partial charge in [-0.05, 0) is 50.3 Å². The van der Waals surface area contributed by atoms with Gasteiger partial charge >= 0.3 is 0 Å². The van der Waals surface area contributed by atoms with E-state index in [-0.39, 0.29) is 35.9 Å². The molecule has 0 bridgehead atoms. The molecule has 1 unspecified atom stereocenters. The van der Waals surface area contributed by atoms with Crippen LogP contribution < -0.4 is 10.6 Å². The molecule has 28 heavy (non-hydrogen) atoms. The number of benzene rings is 1. The van der Waals surface area contributed by atoms with Crippen molar-refractivity contribution in [3.8, 4) is 0 Å². The quantitative estimate of drug-likeness (QED) is 0.691. The molecule has 0 spiro atoms. The molecule has 158 valence electrons. The number of nitrogens with one attached hydrogen (secondary N) is 2. The van der Waals surface area contributed by atoms with Gasteiger partial charge in [0.1, 0.15) is 0 Å². The van der Waals surface area contributed by atoms with E-state index < -0.39 is 10.0 Å². The van der Waals surface area contributed by atoms with Gasteiger partial charge in [-0.25, -0.2) is 8.42 Å². The second-order valence-electron chi connectivity index (χ2n) is 7.26. The van der Waals surface area contributed by atoms with Crippen molar-refractivity contribution in [1.82, 2.24) is 9.62 Å². The number of nitrogens with zero attached hydrogens (tertiary/aromatic N) is 1. The van der Waals surface area contributed by atoms with Crippen molar-refractivity contribution in [2.45, 2.75) is 50.0 Å². The molecule has 9 heteroatoms. The zero-order valence-electron chi connectivity index (χ0n) is 16.3. The first-order valence-corrected chi connectivity index (χ1v) is 11.1. The zero-order valence-corrected chi connectivity index (χ0v) is 17.9. The fraction of sp³-hybridized carbons (Fsp3) is 0.632. The summed E-state index contributed by atoms with van der Waals surface area (Å²) in [6.07, 6.45) is 5.12. The van der Waals surface area contributed by atoms with Crippen molar-refractivity contribution in [2.75, 3.05) is 38.1 Å². The van der Waals surface area contributed by atoms with E-state index in [0.717, 1.165) is 38.7 Å². The molecule has 0 saturated carbocycles. The van der Waals surface area contributed by atoms with Crippen molar-refractivity contribution >= 4 is 34.0 Å². The highest BCUT2D eigenvalue weighted by Gasteiger charge is 2.27. The minimum atomic E-state index is -3.53. The van der Waals surface area contributed by atoms with Gasteiger partial charge in [-0.3, -0.25) is 4.79 Å². The van der Waals surface area contributed by atoms with E-state index in [4.69, 9.17) is 4.74 Å². The normalized spacial score (nSPS) is 20.5. The third-order valence-electron chi connectivity index (χ3n) is 5.09. The molecule has 2 aliphatic heterocycles. The fourth-order valence-corrected chi connectivity index (χ4v) is 5.33. The van der Waals surface area contributed by atoms with Gasteiger partial charge in [-0.2, -0.15) is 4.31 Å². The van der Waals surface area contributed by atoms with E-state index in [1.165, 1.54) is 0 Å². The summed E-state index contributed by atoms with van der Waals surface area (Å²) >= 11 is 0. The number of ether oxygens (including phenoxy) is 1. The smallest absolute Gasteiger partial charge is 0.243 e. The van der Waals surface area contributed by atoms with E-state index in [1.807, 2.05) is 0 Å². The molecule has 2 N–H and O–H groups in total. The molecular weight excluding hydrogens is 402 g/mol. The van der Waals surface area contributed by atoms with Crippen LogP contribution in [0.25, 0.3) is 0 Å². The van der Waals surface area contributed by atoms with E-state index in [0.29, 0.717) is 30.9 Å². The van der Waals surface area contributed by atoms with Gasteiger partial charge in [0.15, 0.2) is 0 Å². The molecule has 1 aromatic carbocycles. The number of piperidine rings is 1. The van der Waals surface area contributed by atoms with Crippen LogP contribution in [0.1, 0.15) is 37.7 Å². The minimum Gasteiger partial charge on any atom is -0.377 e. The van der Waals surface area contributed by atoms with Crippen molar-refractivity contribution in [3.05, 3.63) is 23.8 Å². The maximum absolute atomic E-state index is 13.0. The number of carbonyl (C=O) groups excluding carboxylic acids is 1. The lowest BCUT2D eigenvalue weighted by atomic mass is 10.2. The third-order valence-corrected chi connectivity index (χ3v) is 7.13. The third kappa shape index (κ3) is 5.90. The molecule has 7 nitrogen and oxygen atoms in total. The molecule has 2 aliphatic rings. The second kappa shape index (κ2) is 10.5. The summed E-state index contributed by atoms with van der Waals surface area (Å²) in [6, 6.07) is 5.05. The highest BCUT2D eigenvalue weighted by atomic mass is 35.5. The van der Waals surface area contributed by atoms with Crippen LogP contribution in [0.5, 0.6) is 0 Å². The Bertz CT molecular complexity index is 760. The second-order valence-corrected chi connectivity index (χ2v) is 9.17. The largest absolute Gasteiger partial charge is 0.377 e. The Morgan fingerprint density at radius 1 is 1.21 bits per heavy atom. The monoisotopic (exact) mass is 431 g/mol. The standard InChI is InChI=1S/C19H29N3O4S.ClH/c1-15-7-8-16(21-19(23)14-20-13-17-6-5-11-26-17)12-18(15)27(24,25)22-9-3-2-4-10-22;/h7-8,12,17,20H,2-6,9-11,13-14H2,1H3,(H,21,23);1H. The first kappa shape index (κ1) is 23.1. The Morgan fingerprint density at radius 2 is 1.96 bits per heavy atom. The summed E-state index contributed by atoms with van der Waals surface area (Å²) in [6.45, 7) is 4.51. The Kier molecular flexibility index (Phi) is 8.70. The molecule has 1 aromatic rings. The number of amides is 1. The molecule has 2 saturated heterocycles. The Balaban J connectivity index is 0.00000280. The predicted octanol–water partition coefficient (Wildman–Crippen LogP) is 2.30. The van der Waals surface area contributed by atoms with Crippen LogP contribution >= 0.6 is 12.4 Å². The average Bonchev–Trinajstić information content (AvgIpc) is 3.17. The van der Waals surface area contributed by atoms with E-state index in [9.17, 15) is 13.2 Å². The summed E-state index contributed by atoms with van der Waals surface area (Å²) in [7, 11) is -3.53. The van der Waals surface area contributed by atoms with Gasteiger partial charge < -0.3 is 15.4 Å². The predicted molar refractivity (Wildman–Crippen MR) is 112 cm³/mol. The summed E-state index contributed by atoms with van der Waals surface area (Å²) < 4.78 is 33.0. The van der Waals surface area contributed by atoms with Crippen molar-refractivity contribution < 1.29 is 17.9 Å². The van der Waals surface area contributed by atoms with Gasteiger partial charge in [0.05, 0.1) is 17.5 Å². The average molecular weight is 432 g/mol. The molecule has 1 amide bonds. The topological polar surface area (TPSA) is 87.7 Å². The van der Waals surface area contributed by atoms with Crippen LogP contribution in [0.15, 0.2) is 23.1 Å². The Morgan fingerprint density at radius 3 is 2.64 bits per heavy atom. The molecule has 3 rings (SSSR count). The molecular formula is C19H30ClN3O4S. The SMILES string of the molecule is Cc1ccc(NC(=O)CNCC2CCCO2)cc1S(=O)(=O)N1CCCCC1.Cl. The molecule has 2 fully saturated rings. The lowest BCUT2D eigenvalue weighted by Crippen LogP contribution is -2.36. The summed E-state index contributed by atoms with van der Waals surface area (Å²) in [4.78, 5) is 12.4. The maximum atomic E-state index is 13.0. The first-order valence-electron chi connectivity index (χ1n) is 9.70. The van der Waals surface area contributed by atoms with Gasteiger partial charge in [-0.15, -0.1) is 12.4 Å². The van der Waals surface area contributed by atoms with Crippen molar-refractivity contribution in [3.63, 3.8) is 0 Å². The number of rotatable bonds is 7. The van der Waals surface area contributed by atoms with E-state index in [1.54, 1.807) is 29.4 Å².